The molecule has 0 unspecified atom stereocenters. The molecule has 0 aliphatic heterocycles. The van der Waals surface area contributed by atoms with Crippen LogP contribution in [0.15, 0.2) is 47.0 Å². The number of benzene rings is 2. The van der Waals surface area contributed by atoms with Crippen LogP contribution >= 0.6 is 0 Å². The zero-order valence-electron chi connectivity index (χ0n) is 16.4. The van der Waals surface area contributed by atoms with Gasteiger partial charge in [0, 0.05) is 5.56 Å². The number of amides is 1. The van der Waals surface area contributed by atoms with Crippen molar-refractivity contribution in [3.63, 3.8) is 0 Å². The van der Waals surface area contributed by atoms with E-state index in [1.165, 1.54) is 0 Å². The van der Waals surface area contributed by atoms with E-state index in [4.69, 9.17) is 14.0 Å². The number of hydrogen-bond donors (Lipinski definition) is 1. The normalized spacial score (nSPS) is 11.7. The maximum atomic E-state index is 12.3. The highest BCUT2D eigenvalue weighted by atomic mass is 16.5. The van der Waals surface area contributed by atoms with Gasteiger partial charge in [0.05, 0.1) is 13.7 Å². The van der Waals surface area contributed by atoms with Crippen LogP contribution < -0.4 is 14.8 Å². The lowest BCUT2D eigenvalue weighted by atomic mass is 10.1. The Morgan fingerprint density at radius 3 is 2.64 bits per heavy atom. The van der Waals surface area contributed by atoms with E-state index >= 15 is 0 Å². The number of nitrogens with zero attached hydrogens (tertiary/aromatic N) is 2. The Hall–Kier alpha value is -3.35. The van der Waals surface area contributed by atoms with Gasteiger partial charge in [0.15, 0.2) is 6.10 Å². The predicted octanol–water partition coefficient (Wildman–Crippen LogP) is 3.45. The smallest absolute Gasteiger partial charge is 0.261 e. The van der Waals surface area contributed by atoms with E-state index in [-0.39, 0.29) is 12.5 Å². The van der Waals surface area contributed by atoms with Crippen molar-refractivity contribution in [2.24, 2.45) is 0 Å². The van der Waals surface area contributed by atoms with Gasteiger partial charge in [-0.05, 0) is 62.2 Å². The highest BCUT2D eigenvalue weighted by molar-refractivity contribution is 5.80. The summed E-state index contributed by atoms with van der Waals surface area (Å²) >= 11 is 0. The molecule has 0 saturated heterocycles. The molecule has 3 rings (SSSR count). The summed E-state index contributed by atoms with van der Waals surface area (Å²) in [5, 5.41) is 6.70. The molecule has 0 aliphatic carbocycles. The molecule has 3 aromatic rings. The van der Waals surface area contributed by atoms with Crippen LogP contribution in [0.5, 0.6) is 11.5 Å². The Morgan fingerprint density at radius 2 is 1.93 bits per heavy atom. The SMILES string of the molecule is COc1ccc(-c2noc(CNC(=O)[C@H](C)Oc3cccc(C)c3C)n2)cc1. The third-order valence-electron chi connectivity index (χ3n) is 4.46. The summed E-state index contributed by atoms with van der Waals surface area (Å²) in [5.41, 5.74) is 2.93. The number of rotatable bonds is 7. The van der Waals surface area contributed by atoms with Crippen LogP contribution in [-0.4, -0.2) is 29.3 Å². The predicted molar refractivity (Wildman–Crippen MR) is 104 cm³/mol. The van der Waals surface area contributed by atoms with Crippen molar-refractivity contribution < 1.29 is 18.8 Å². The van der Waals surface area contributed by atoms with Crippen molar-refractivity contribution in [3.8, 4) is 22.9 Å². The van der Waals surface area contributed by atoms with E-state index < -0.39 is 6.10 Å². The van der Waals surface area contributed by atoms with E-state index in [1.54, 1.807) is 14.0 Å². The lowest BCUT2D eigenvalue weighted by Crippen LogP contribution is -2.36. The van der Waals surface area contributed by atoms with E-state index in [2.05, 4.69) is 15.5 Å². The highest BCUT2D eigenvalue weighted by Gasteiger charge is 2.17. The topological polar surface area (TPSA) is 86.5 Å². The van der Waals surface area contributed by atoms with Crippen molar-refractivity contribution in [1.82, 2.24) is 15.5 Å². The van der Waals surface area contributed by atoms with Gasteiger partial charge in [0.1, 0.15) is 11.5 Å². The molecule has 0 saturated carbocycles. The van der Waals surface area contributed by atoms with Crippen LogP contribution in [0, 0.1) is 13.8 Å². The Bertz CT molecular complexity index is 951. The van der Waals surface area contributed by atoms with Crippen LogP contribution in [0.4, 0.5) is 0 Å². The fourth-order valence-electron chi connectivity index (χ4n) is 2.59. The van der Waals surface area contributed by atoms with E-state index in [1.807, 2.05) is 56.3 Å². The number of ether oxygens (including phenoxy) is 2. The van der Waals surface area contributed by atoms with Gasteiger partial charge < -0.3 is 19.3 Å². The number of carbonyl (C=O) groups excluding carboxylic acids is 1. The number of nitrogens with one attached hydrogen (secondary N) is 1. The lowest BCUT2D eigenvalue weighted by Gasteiger charge is -2.16. The maximum absolute atomic E-state index is 12.3. The third kappa shape index (κ3) is 4.49. The molecule has 0 bridgehead atoms. The van der Waals surface area contributed by atoms with Gasteiger partial charge in [-0.25, -0.2) is 0 Å². The molecular weight excluding hydrogens is 358 g/mol. The molecular formula is C21H23N3O4. The van der Waals surface area contributed by atoms with Crippen LogP contribution in [0.25, 0.3) is 11.4 Å². The monoisotopic (exact) mass is 381 g/mol. The summed E-state index contributed by atoms with van der Waals surface area (Å²) in [7, 11) is 1.61. The van der Waals surface area contributed by atoms with Crippen LogP contribution in [-0.2, 0) is 11.3 Å². The first-order valence-electron chi connectivity index (χ1n) is 8.95. The molecule has 28 heavy (non-hydrogen) atoms. The van der Waals surface area contributed by atoms with Gasteiger partial charge in [-0.15, -0.1) is 0 Å². The zero-order chi connectivity index (χ0) is 20.1. The summed E-state index contributed by atoms with van der Waals surface area (Å²) in [6, 6.07) is 13.1. The third-order valence-corrected chi connectivity index (χ3v) is 4.46. The average molecular weight is 381 g/mol. The van der Waals surface area contributed by atoms with Crippen molar-refractivity contribution in [2.45, 2.75) is 33.4 Å². The molecule has 0 fully saturated rings. The number of hydrogen-bond acceptors (Lipinski definition) is 6. The number of aryl methyl sites for hydroxylation is 1. The van der Waals surface area contributed by atoms with Gasteiger partial charge >= 0.3 is 0 Å². The zero-order valence-corrected chi connectivity index (χ0v) is 16.4. The van der Waals surface area contributed by atoms with Gasteiger partial charge in [-0.2, -0.15) is 4.98 Å². The molecule has 1 aromatic heterocycles. The van der Waals surface area contributed by atoms with Crippen molar-refractivity contribution in [1.29, 1.82) is 0 Å². The molecule has 1 atom stereocenters. The number of methoxy groups -OCH3 is 1. The van der Waals surface area contributed by atoms with Crippen LogP contribution in [0.3, 0.4) is 0 Å². The Balaban J connectivity index is 1.57. The van der Waals surface area contributed by atoms with Crippen LogP contribution in [0.2, 0.25) is 0 Å². The first-order chi connectivity index (χ1) is 13.5. The minimum atomic E-state index is -0.649. The Morgan fingerprint density at radius 1 is 1.18 bits per heavy atom. The molecule has 0 aliphatic rings. The van der Waals surface area contributed by atoms with Crippen LogP contribution in [0.1, 0.15) is 23.9 Å². The molecule has 146 valence electrons. The minimum Gasteiger partial charge on any atom is -0.497 e. The van der Waals surface area contributed by atoms with Gasteiger partial charge in [0.2, 0.25) is 11.7 Å². The maximum Gasteiger partial charge on any atom is 0.261 e. The molecule has 7 nitrogen and oxygen atoms in total. The molecule has 0 spiro atoms. The second kappa shape index (κ2) is 8.56. The Labute approximate surface area is 163 Å². The first-order valence-corrected chi connectivity index (χ1v) is 8.95. The standard InChI is InChI=1S/C21H23N3O4/c1-13-6-5-7-18(14(13)2)27-15(3)21(25)22-12-19-23-20(24-28-19)16-8-10-17(26-4)11-9-16/h5-11,15H,12H2,1-4H3,(H,22,25)/t15-/m0/s1. The van der Waals surface area contributed by atoms with Gasteiger partial charge in [-0.3, -0.25) is 4.79 Å². The molecule has 0 radical (unpaired) electrons. The summed E-state index contributed by atoms with van der Waals surface area (Å²) in [5.74, 6) is 1.95. The molecule has 7 heteroatoms. The summed E-state index contributed by atoms with van der Waals surface area (Å²) in [6.07, 6.45) is -0.649. The number of carbonyl (C=O) groups is 1. The van der Waals surface area contributed by atoms with Gasteiger partial charge in [0.25, 0.3) is 5.91 Å². The van der Waals surface area contributed by atoms with E-state index in [0.717, 1.165) is 22.4 Å². The lowest BCUT2D eigenvalue weighted by molar-refractivity contribution is -0.127. The molecule has 1 amide bonds. The summed E-state index contributed by atoms with van der Waals surface area (Å²) in [4.78, 5) is 16.6. The fraction of sp³-hybridized carbons (Fsp3) is 0.286. The first kappa shape index (κ1) is 19.4. The molecule has 2 aromatic carbocycles. The van der Waals surface area contributed by atoms with E-state index in [9.17, 15) is 4.79 Å². The number of aromatic nitrogens is 2. The van der Waals surface area contributed by atoms with Crippen molar-refractivity contribution >= 4 is 5.91 Å². The van der Waals surface area contributed by atoms with Crippen molar-refractivity contribution in [2.75, 3.05) is 7.11 Å². The summed E-state index contributed by atoms with van der Waals surface area (Å²) < 4.78 is 16.1. The van der Waals surface area contributed by atoms with Crippen molar-refractivity contribution in [3.05, 3.63) is 59.5 Å². The Kier molecular flexibility index (Phi) is 5.93. The highest BCUT2D eigenvalue weighted by Crippen LogP contribution is 2.22. The molecule has 1 heterocycles. The second-order valence-corrected chi connectivity index (χ2v) is 6.42. The molecule has 1 N–H and O–H groups in total. The fourth-order valence-corrected chi connectivity index (χ4v) is 2.59. The minimum absolute atomic E-state index is 0.127. The average Bonchev–Trinajstić information content (AvgIpc) is 3.18. The summed E-state index contributed by atoms with van der Waals surface area (Å²) in [6.45, 7) is 5.80. The quantitative estimate of drug-likeness (QED) is 0.675. The second-order valence-electron chi connectivity index (χ2n) is 6.42. The van der Waals surface area contributed by atoms with E-state index in [0.29, 0.717) is 17.5 Å². The largest absolute Gasteiger partial charge is 0.497 e. The van der Waals surface area contributed by atoms with Gasteiger partial charge in [-0.1, -0.05) is 17.3 Å².